The van der Waals surface area contributed by atoms with Crippen LogP contribution in [0.15, 0.2) is 17.2 Å². The van der Waals surface area contributed by atoms with Crippen LogP contribution in [0.5, 0.6) is 0 Å². The van der Waals surface area contributed by atoms with E-state index < -0.39 is 26.9 Å². The summed E-state index contributed by atoms with van der Waals surface area (Å²) in [4.78, 5) is 20.7. The maximum atomic E-state index is 15.6. The van der Waals surface area contributed by atoms with Crippen LogP contribution in [0.4, 0.5) is 10.1 Å². The van der Waals surface area contributed by atoms with E-state index in [1.807, 2.05) is 16.7 Å². The van der Waals surface area contributed by atoms with Gasteiger partial charge in [-0.25, -0.2) is 13.1 Å². The lowest BCUT2D eigenvalue weighted by atomic mass is 9.84. The van der Waals surface area contributed by atoms with Crippen molar-refractivity contribution in [2.24, 2.45) is 5.92 Å². The second-order valence-corrected chi connectivity index (χ2v) is 14.4. The first-order valence-corrected chi connectivity index (χ1v) is 16.0. The summed E-state index contributed by atoms with van der Waals surface area (Å²) in [7, 11) is -3.93. The molecule has 4 aliphatic rings. The summed E-state index contributed by atoms with van der Waals surface area (Å²) >= 11 is 1.18. The van der Waals surface area contributed by atoms with Gasteiger partial charge in [-0.15, -0.1) is 10.2 Å². The van der Waals surface area contributed by atoms with Crippen LogP contribution in [0.1, 0.15) is 56.9 Å². The molecule has 0 radical (unpaired) electrons. The number of nitriles is 1. The molecular formula is C26H29FN8O3S2. The van der Waals surface area contributed by atoms with E-state index in [4.69, 9.17) is 0 Å². The van der Waals surface area contributed by atoms with E-state index in [2.05, 4.69) is 26.0 Å². The van der Waals surface area contributed by atoms with Gasteiger partial charge in [0, 0.05) is 43.8 Å². The van der Waals surface area contributed by atoms with Crippen molar-refractivity contribution in [1.29, 1.82) is 5.26 Å². The Morgan fingerprint density at radius 2 is 1.90 bits per heavy atom. The van der Waals surface area contributed by atoms with E-state index in [-0.39, 0.29) is 28.1 Å². The fourth-order valence-corrected chi connectivity index (χ4v) is 7.93. The van der Waals surface area contributed by atoms with E-state index in [0.717, 1.165) is 32.1 Å². The predicted molar refractivity (Wildman–Crippen MR) is 145 cm³/mol. The lowest BCUT2D eigenvalue weighted by molar-refractivity contribution is -0.138. The SMILES string of the molecule is CC1(NS(=O)(=O)c2cc(N3CCN(C(=O)C4CCC4)CC3)c3c(F)nc(-c4nnc(C5(C#N)CC5)s4)n3c2)CC1. The minimum absolute atomic E-state index is 0.00447. The molecule has 1 N–H and O–H groups in total. The molecule has 3 saturated carbocycles. The minimum atomic E-state index is -3.93. The first-order chi connectivity index (χ1) is 19.1. The number of fused-ring (bicyclic) bond motifs is 1. The highest BCUT2D eigenvalue weighted by molar-refractivity contribution is 7.89. The van der Waals surface area contributed by atoms with E-state index >= 15 is 4.39 Å². The number of halogens is 1. The average molecular weight is 585 g/mol. The summed E-state index contributed by atoms with van der Waals surface area (Å²) in [6, 6.07) is 3.80. The number of imidazole rings is 1. The van der Waals surface area contributed by atoms with Crippen molar-refractivity contribution in [1.82, 2.24) is 29.2 Å². The van der Waals surface area contributed by atoms with Crippen molar-refractivity contribution in [3.05, 3.63) is 23.2 Å². The first-order valence-electron chi connectivity index (χ1n) is 13.7. The number of hydrogen-bond donors (Lipinski definition) is 1. The molecule has 210 valence electrons. The van der Waals surface area contributed by atoms with Gasteiger partial charge in [0.2, 0.25) is 21.9 Å². The van der Waals surface area contributed by atoms with Gasteiger partial charge in [-0.3, -0.25) is 9.20 Å². The third-order valence-electron chi connectivity index (χ3n) is 8.71. The Bertz CT molecular complexity index is 1670. The van der Waals surface area contributed by atoms with Gasteiger partial charge in [0.1, 0.15) is 20.8 Å². The Kier molecular flexibility index (Phi) is 5.75. The number of pyridine rings is 1. The van der Waals surface area contributed by atoms with Crippen molar-refractivity contribution >= 4 is 38.5 Å². The minimum Gasteiger partial charge on any atom is -0.366 e. The molecule has 0 atom stereocenters. The van der Waals surface area contributed by atoms with E-state index in [1.165, 1.54) is 28.0 Å². The monoisotopic (exact) mass is 584 g/mol. The van der Waals surface area contributed by atoms with Gasteiger partial charge in [0.05, 0.1) is 11.8 Å². The van der Waals surface area contributed by atoms with Crippen molar-refractivity contribution in [2.45, 2.75) is 67.7 Å². The highest BCUT2D eigenvalue weighted by Crippen LogP contribution is 2.49. The Morgan fingerprint density at radius 1 is 1.18 bits per heavy atom. The van der Waals surface area contributed by atoms with Gasteiger partial charge in [-0.2, -0.15) is 14.6 Å². The molecule has 0 aromatic carbocycles. The number of aromatic nitrogens is 4. The van der Waals surface area contributed by atoms with Crippen LogP contribution in [0.25, 0.3) is 16.3 Å². The molecule has 0 bridgehead atoms. The van der Waals surface area contributed by atoms with Crippen molar-refractivity contribution in [3.8, 4) is 16.9 Å². The van der Waals surface area contributed by atoms with Gasteiger partial charge in [-0.1, -0.05) is 17.8 Å². The zero-order valence-electron chi connectivity index (χ0n) is 22.1. The predicted octanol–water partition coefficient (Wildman–Crippen LogP) is 2.83. The zero-order valence-corrected chi connectivity index (χ0v) is 23.7. The van der Waals surface area contributed by atoms with Crippen molar-refractivity contribution in [2.75, 3.05) is 31.1 Å². The molecule has 1 aliphatic heterocycles. The summed E-state index contributed by atoms with van der Waals surface area (Å²) in [5.41, 5.74) is -0.602. The molecule has 14 heteroatoms. The van der Waals surface area contributed by atoms with Gasteiger partial charge in [-0.05, 0) is 51.5 Å². The number of rotatable bonds is 7. The number of carbonyl (C=O) groups is 1. The van der Waals surface area contributed by atoms with Crippen molar-refractivity contribution < 1.29 is 17.6 Å². The largest absolute Gasteiger partial charge is 0.366 e. The summed E-state index contributed by atoms with van der Waals surface area (Å²) in [6.07, 6.45) is 7.21. The molecule has 11 nitrogen and oxygen atoms in total. The summed E-state index contributed by atoms with van der Waals surface area (Å²) in [6.45, 7) is 3.70. The lowest BCUT2D eigenvalue weighted by Gasteiger charge is -2.39. The quantitative estimate of drug-likeness (QED) is 0.448. The Balaban J connectivity index is 1.29. The molecule has 0 unspecified atom stereocenters. The first kappa shape index (κ1) is 25.8. The summed E-state index contributed by atoms with van der Waals surface area (Å²) in [5, 5.41) is 18.9. The smallest absolute Gasteiger partial charge is 0.242 e. The van der Waals surface area contributed by atoms with Gasteiger partial charge in [0.15, 0.2) is 10.8 Å². The molecule has 1 amide bonds. The number of nitrogens with one attached hydrogen (secondary N) is 1. The normalized spacial score (nSPS) is 21.7. The number of piperazine rings is 1. The standard InChI is InChI=1S/C26H29FN8O3S2/c1-25(5-6-25)32-40(37,38)17-13-18(33-9-11-34(12-10-33)23(36)16-3-2-4-16)19-20(27)29-21(35(19)14-17)22-30-31-24(39-22)26(15-28)7-8-26/h13-14,16,32H,2-12H2,1H3. The fourth-order valence-electron chi connectivity index (χ4n) is 5.43. The Labute approximate surface area is 235 Å². The number of nitrogens with zero attached hydrogens (tertiary/aromatic N) is 7. The second-order valence-electron chi connectivity index (χ2n) is 11.7. The van der Waals surface area contributed by atoms with Gasteiger partial charge in [0.25, 0.3) is 0 Å². The topological polar surface area (TPSA) is 137 Å². The number of amides is 1. The zero-order chi connectivity index (χ0) is 27.9. The number of anilines is 1. The van der Waals surface area contributed by atoms with Crippen LogP contribution < -0.4 is 9.62 Å². The van der Waals surface area contributed by atoms with E-state index in [0.29, 0.717) is 54.7 Å². The summed E-state index contributed by atoms with van der Waals surface area (Å²) < 4.78 is 46.8. The third-order valence-corrected chi connectivity index (χ3v) is 11.4. The average Bonchev–Trinajstić information content (AvgIpc) is 3.76. The second kappa shape index (κ2) is 8.92. The van der Waals surface area contributed by atoms with Crippen LogP contribution in [0, 0.1) is 23.2 Å². The lowest BCUT2D eigenvalue weighted by Crippen LogP contribution is -2.51. The Morgan fingerprint density at radius 3 is 2.50 bits per heavy atom. The number of carbonyl (C=O) groups excluding carboxylic acids is 1. The van der Waals surface area contributed by atoms with Crippen molar-refractivity contribution in [3.63, 3.8) is 0 Å². The molecule has 4 fully saturated rings. The molecule has 3 aliphatic carbocycles. The maximum Gasteiger partial charge on any atom is 0.242 e. The van der Waals surface area contributed by atoms with E-state index in [1.54, 1.807) is 0 Å². The molecule has 3 aromatic rings. The van der Waals surface area contributed by atoms with Gasteiger partial charge >= 0.3 is 0 Å². The van der Waals surface area contributed by atoms with Crippen LogP contribution in [0.2, 0.25) is 0 Å². The Hall–Kier alpha value is -3.15. The molecule has 4 heterocycles. The molecule has 1 saturated heterocycles. The van der Waals surface area contributed by atoms with Crippen LogP contribution >= 0.6 is 11.3 Å². The molecule has 7 rings (SSSR count). The van der Waals surface area contributed by atoms with Crippen LogP contribution in [0.3, 0.4) is 0 Å². The van der Waals surface area contributed by atoms with Crippen LogP contribution in [-0.4, -0.2) is 70.5 Å². The fraction of sp³-hybridized carbons (Fsp3) is 0.577. The van der Waals surface area contributed by atoms with Gasteiger partial charge < -0.3 is 9.80 Å². The van der Waals surface area contributed by atoms with E-state index in [9.17, 15) is 18.5 Å². The molecular weight excluding hydrogens is 555 g/mol. The maximum absolute atomic E-state index is 15.6. The molecule has 0 spiro atoms. The highest BCUT2D eigenvalue weighted by atomic mass is 32.2. The molecule has 40 heavy (non-hydrogen) atoms. The van der Waals surface area contributed by atoms with Crippen LogP contribution in [-0.2, 0) is 20.2 Å². The number of sulfonamides is 1. The highest BCUT2D eigenvalue weighted by Gasteiger charge is 2.48. The molecule has 3 aromatic heterocycles. The number of hydrogen-bond acceptors (Lipinski definition) is 9. The summed E-state index contributed by atoms with van der Waals surface area (Å²) in [5.74, 6) is -0.337. The third kappa shape index (κ3) is 4.26.